The highest BCUT2D eigenvalue weighted by Crippen LogP contribution is 2.32. The van der Waals surface area contributed by atoms with Crippen molar-refractivity contribution >= 4 is 10.9 Å². The van der Waals surface area contributed by atoms with Gasteiger partial charge >= 0.3 is 0 Å². The predicted molar refractivity (Wildman–Crippen MR) is 128 cm³/mol. The molecule has 2 aromatic carbocycles. The molecule has 0 saturated carbocycles. The Bertz CT molecular complexity index is 1390. The highest BCUT2D eigenvalue weighted by Gasteiger charge is 2.33. The third kappa shape index (κ3) is 3.93. The average molecular weight is 457 g/mol. The number of aryl methyl sites for hydroxylation is 1. The molecule has 1 saturated heterocycles. The standard InChI is InChI=1S/C26H28N6O2/c1-17-8-9-19-14-22(26(33)27-23(19)13-17)24(31-11-10-18-5-2-3-6-20(18)15-31)25-28-29-30-32(25)16-21-7-4-12-34-21/h2-3,5-6,8-9,13-14,21,24H,4,7,10-12,15-16H2,1H3,(H,27,33)/t21-,24-/m1/s1. The first-order chi connectivity index (χ1) is 16.7. The lowest BCUT2D eigenvalue weighted by molar-refractivity contribution is 0.0904. The van der Waals surface area contributed by atoms with E-state index in [0.29, 0.717) is 17.9 Å². The fourth-order valence-corrected chi connectivity index (χ4v) is 5.29. The Hall–Kier alpha value is -3.36. The summed E-state index contributed by atoms with van der Waals surface area (Å²) in [5.41, 5.74) is 5.16. The minimum absolute atomic E-state index is 0.0999. The smallest absolute Gasteiger partial charge is 0.253 e. The number of fused-ring (bicyclic) bond motifs is 2. The minimum Gasteiger partial charge on any atom is -0.376 e. The molecule has 2 aromatic heterocycles. The maximum absolute atomic E-state index is 13.4. The molecule has 2 aliphatic rings. The van der Waals surface area contributed by atoms with Crippen molar-refractivity contribution in [2.24, 2.45) is 0 Å². The van der Waals surface area contributed by atoms with E-state index in [-0.39, 0.29) is 17.7 Å². The second-order valence-electron chi connectivity index (χ2n) is 9.39. The molecule has 8 nitrogen and oxygen atoms in total. The molecule has 2 aliphatic heterocycles. The Morgan fingerprint density at radius 2 is 2.06 bits per heavy atom. The van der Waals surface area contributed by atoms with Crippen LogP contribution in [0.4, 0.5) is 0 Å². The maximum atomic E-state index is 13.4. The number of hydrogen-bond donors (Lipinski definition) is 1. The van der Waals surface area contributed by atoms with Crippen molar-refractivity contribution in [3.63, 3.8) is 0 Å². The summed E-state index contributed by atoms with van der Waals surface area (Å²) < 4.78 is 7.69. The summed E-state index contributed by atoms with van der Waals surface area (Å²) >= 11 is 0. The van der Waals surface area contributed by atoms with Crippen molar-refractivity contribution in [3.8, 4) is 0 Å². The normalized spacial score (nSPS) is 19.4. The van der Waals surface area contributed by atoms with Gasteiger partial charge in [0.1, 0.15) is 6.04 Å². The van der Waals surface area contributed by atoms with Crippen molar-refractivity contribution in [1.82, 2.24) is 30.1 Å². The van der Waals surface area contributed by atoms with Gasteiger partial charge in [-0.25, -0.2) is 4.68 Å². The largest absolute Gasteiger partial charge is 0.376 e. The number of ether oxygens (including phenoxy) is 1. The number of H-pyrrole nitrogens is 1. The number of pyridine rings is 1. The van der Waals surface area contributed by atoms with Gasteiger partial charge in [0.25, 0.3) is 5.56 Å². The second-order valence-corrected chi connectivity index (χ2v) is 9.39. The van der Waals surface area contributed by atoms with Crippen LogP contribution in [-0.4, -0.2) is 49.3 Å². The molecule has 0 spiro atoms. The Kier molecular flexibility index (Phi) is 5.47. The number of nitrogens with zero attached hydrogens (tertiary/aromatic N) is 5. The summed E-state index contributed by atoms with van der Waals surface area (Å²) in [6, 6.07) is 16.3. The number of hydrogen-bond acceptors (Lipinski definition) is 6. The predicted octanol–water partition coefficient (Wildman–Crippen LogP) is 3.15. The number of aromatic amines is 1. The molecule has 1 N–H and O–H groups in total. The van der Waals surface area contributed by atoms with Crippen LogP contribution in [-0.2, 0) is 24.2 Å². The molecular formula is C26H28N6O2. The molecule has 34 heavy (non-hydrogen) atoms. The van der Waals surface area contributed by atoms with Crippen molar-refractivity contribution < 1.29 is 4.74 Å². The Labute approximate surface area is 197 Å². The summed E-state index contributed by atoms with van der Waals surface area (Å²) in [5.74, 6) is 0.687. The maximum Gasteiger partial charge on any atom is 0.253 e. The molecular weight excluding hydrogens is 428 g/mol. The van der Waals surface area contributed by atoms with Crippen LogP contribution < -0.4 is 5.56 Å². The molecule has 0 radical (unpaired) electrons. The Morgan fingerprint density at radius 1 is 1.18 bits per heavy atom. The van der Waals surface area contributed by atoms with Crippen LogP contribution >= 0.6 is 0 Å². The lowest BCUT2D eigenvalue weighted by Gasteiger charge is -2.35. The van der Waals surface area contributed by atoms with E-state index >= 15 is 0 Å². The van der Waals surface area contributed by atoms with E-state index in [1.165, 1.54) is 11.1 Å². The first-order valence-electron chi connectivity index (χ1n) is 12.0. The third-order valence-electron chi connectivity index (χ3n) is 7.05. The van der Waals surface area contributed by atoms with Crippen LogP contribution in [0.2, 0.25) is 0 Å². The lowest BCUT2D eigenvalue weighted by Crippen LogP contribution is -2.39. The number of nitrogens with one attached hydrogen (secondary N) is 1. The molecule has 174 valence electrons. The van der Waals surface area contributed by atoms with E-state index in [0.717, 1.165) is 55.4 Å². The van der Waals surface area contributed by atoms with Crippen LogP contribution in [0.3, 0.4) is 0 Å². The van der Waals surface area contributed by atoms with Crippen LogP contribution in [0.1, 0.15) is 47.0 Å². The molecule has 1 fully saturated rings. The van der Waals surface area contributed by atoms with E-state index < -0.39 is 0 Å². The summed E-state index contributed by atoms with van der Waals surface area (Å²) in [5, 5.41) is 13.8. The van der Waals surface area contributed by atoms with E-state index in [1.54, 1.807) is 0 Å². The Balaban J connectivity index is 1.46. The molecule has 2 atom stereocenters. The second kappa shape index (κ2) is 8.77. The fourth-order valence-electron chi connectivity index (χ4n) is 5.29. The van der Waals surface area contributed by atoms with Crippen LogP contribution in [0.5, 0.6) is 0 Å². The van der Waals surface area contributed by atoms with Gasteiger partial charge in [0.15, 0.2) is 5.82 Å². The zero-order chi connectivity index (χ0) is 23.1. The highest BCUT2D eigenvalue weighted by atomic mass is 16.5. The third-order valence-corrected chi connectivity index (χ3v) is 7.05. The van der Waals surface area contributed by atoms with E-state index in [9.17, 15) is 4.79 Å². The van der Waals surface area contributed by atoms with Gasteiger partial charge in [-0.05, 0) is 70.8 Å². The number of rotatable bonds is 5. The summed E-state index contributed by atoms with van der Waals surface area (Å²) in [6.07, 6.45) is 3.07. The van der Waals surface area contributed by atoms with Crippen molar-refractivity contribution in [2.45, 2.75) is 51.4 Å². The van der Waals surface area contributed by atoms with Gasteiger partial charge in [0.05, 0.1) is 12.6 Å². The van der Waals surface area contributed by atoms with Gasteiger partial charge in [0, 0.05) is 30.8 Å². The summed E-state index contributed by atoms with van der Waals surface area (Å²) in [6.45, 7) is 4.95. The summed E-state index contributed by atoms with van der Waals surface area (Å²) in [7, 11) is 0. The van der Waals surface area contributed by atoms with Gasteiger partial charge in [-0.15, -0.1) is 5.10 Å². The zero-order valence-electron chi connectivity index (χ0n) is 19.3. The van der Waals surface area contributed by atoms with Crippen LogP contribution in [0.25, 0.3) is 10.9 Å². The molecule has 0 aliphatic carbocycles. The topological polar surface area (TPSA) is 88.9 Å². The number of aromatic nitrogens is 5. The molecule has 0 bridgehead atoms. The molecule has 0 unspecified atom stereocenters. The van der Waals surface area contributed by atoms with Gasteiger partial charge < -0.3 is 9.72 Å². The van der Waals surface area contributed by atoms with E-state index in [4.69, 9.17) is 4.74 Å². The van der Waals surface area contributed by atoms with Crippen LogP contribution in [0.15, 0.2) is 53.3 Å². The zero-order valence-corrected chi connectivity index (χ0v) is 19.3. The molecule has 8 heteroatoms. The lowest BCUT2D eigenvalue weighted by atomic mass is 9.95. The summed E-state index contributed by atoms with van der Waals surface area (Å²) in [4.78, 5) is 18.9. The molecule has 6 rings (SSSR count). The van der Waals surface area contributed by atoms with Crippen molar-refractivity contribution in [3.05, 3.63) is 87.0 Å². The van der Waals surface area contributed by atoms with Gasteiger partial charge in [-0.2, -0.15) is 0 Å². The van der Waals surface area contributed by atoms with Gasteiger partial charge in [-0.3, -0.25) is 9.69 Å². The molecule has 4 aromatic rings. The van der Waals surface area contributed by atoms with E-state index in [2.05, 4.69) is 61.8 Å². The van der Waals surface area contributed by atoms with E-state index in [1.807, 2.05) is 23.7 Å². The highest BCUT2D eigenvalue weighted by molar-refractivity contribution is 5.79. The molecule has 0 amide bonds. The van der Waals surface area contributed by atoms with Crippen molar-refractivity contribution in [2.75, 3.05) is 13.2 Å². The van der Waals surface area contributed by atoms with Gasteiger partial charge in [-0.1, -0.05) is 36.4 Å². The average Bonchev–Trinajstić information content (AvgIpc) is 3.52. The minimum atomic E-state index is -0.362. The van der Waals surface area contributed by atoms with Gasteiger partial charge in [0.2, 0.25) is 0 Å². The quantitative estimate of drug-likeness (QED) is 0.496. The van der Waals surface area contributed by atoms with Crippen LogP contribution in [0, 0.1) is 6.92 Å². The molecule has 4 heterocycles. The Morgan fingerprint density at radius 3 is 2.91 bits per heavy atom. The van der Waals surface area contributed by atoms with Crippen molar-refractivity contribution in [1.29, 1.82) is 0 Å². The monoisotopic (exact) mass is 456 g/mol. The first-order valence-corrected chi connectivity index (χ1v) is 12.0. The number of tetrazole rings is 1. The SMILES string of the molecule is Cc1ccc2cc([C@H](c3nnnn3C[C@H]3CCCO3)N3CCc4ccccc4C3)c(=O)[nH]c2c1. The first kappa shape index (κ1) is 21.2. The number of benzene rings is 2. The fraction of sp³-hybridized carbons (Fsp3) is 0.385.